The van der Waals surface area contributed by atoms with E-state index < -0.39 is 29.9 Å². The molecule has 1 aromatic heterocycles. The highest BCUT2D eigenvalue weighted by Gasteiger charge is 2.60. The van der Waals surface area contributed by atoms with Gasteiger partial charge in [0.2, 0.25) is 5.91 Å². The molecule has 0 N–H and O–H groups in total. The Bertz CT molecular complexity index is 1110. The fourth-order valence-electron chi connectivity index (χ4n) is 4.03. The number of para-hydroxylation sites is 2. The van der Waals surface area contributed by atoms with E-state index in [0.717, 1.165) is 16.2 Å². The zero-order valence-corrected chi connectivity index (χ0v) is 17.0. The van der Waals surface area contributed by atoms with Gasteiger partial charge in [-0.1, -0.05) is 53.5 Å². The van der Waals surface area contributed by atoms with Gasteiger partial charge in [-0.05, 0) is 35.9 Å². The zero-order valence-electron chi connectivity index (χ0n) is 15.5. The summed E-state index contributed by atoms with van der Waals surface area (Å²) < 4.78 is 0. The second-order valence-corrected chi connectivity index (χ2v) is 7.84. The molecule has 3 unspecified atom stereocenters. The van der Waals surface area contributed by atoms with Crippen LogP contribution in [-0.4, -0.2) is 22.9 Å². The van der Waals surface area contributed by atoms with Gasteiger partial charge in [0.05, 0.1) is 27.5 Å². The van der Waals surface area contributed by atoms with Crippen LogP contribution in [0, 0.1) is 5.92 Å². The van der Waals surface area contributed by atoms with Gasteiger partial charge >= 0.3 is 0 Å². The number of pyridine rings is 1. The van der Waals surface area contributed by atoms with Gasteiger partial charge in [-0.25, -0.2) is 9.96 Å². The molecule has 0 bridgehead atoms. The Morgan fingerprint density at radius 1 is 0.867 bits per heavy atom. The third-order valence-electron chi connectivity index (χ3n) is 5.31. The predicted molar refractivity (Wildman–Crippen MR) is 113 cm³/mol. The summed E-state index contributed by atoms with van der Waals surface area (Å²) >= 11 is 12.6. The third kappa shape index (κ3) is 2.88. The number of hydroxylamine groups is 1. The van der Waals surface area contributed by atoms with Gasteiger partial charge in [0.25, 0.3) is 5.91 Å². The molecule has 2 aromatic carbocycles. The normalized spacial score (nSPS) is 23.2. The van der Waals surface area contributed by atoms with Gasteiger partial charge in [-0.2, -0.15) is 0 Å². The molecule has 0 radical (unpaired) electrons. The van der Waals surface area contributed by atoms with Crippen molar-refractivity contribution in [1.82, 2.24) is 4.98 Å². The first kappa shape index (κ1) is 19.1. The van der Waals surface area contributed by atoms with Crippen LogP contribution in [0.5, 0.6) is 0 Å². The Labute approximate surface area is 182 Å². The molecule has 2 saturated heterocycles. The SMILES string of the molecule is O=C1C2ON(c3ccccc3)C(c3cccnc3)C2C(=O)N1c1c(Cl)cccc1Cl. The molecule has 150 valence electrons. The maximum Gasteiger partial charge on any atom is 0.266 e. The molecule has 30 heavy (non-hydrogen) atoms. The van der Waals surface area contributed by atoms with Crippen LogP contribution in [0.1, 0.15) is 11.6 Å². The monoisotopic (exact) mass is 439 g/mol. The molecule has 0 aliphatic carbocycles. The first-order valence-electron chi connectivity index (χ1n) is 9.30. The standard InChI is InChI=1S/C22H15Cl2N3O3/c23-15-9-4-10-16(24)19(15)26-21(28)17-18(13-6-5-11-25-12-13)27(30-20(17)22(26)29)14-7-2-1-3-8-14/h1-12,17-18,20H. The number of benzene rings is 2. The van der Waals surface area contributed by atoms with E-state index in [1.165, 1.54) is 0 Å². The number of rotatable bonds is 3. The highest BCUT2D eigenvalue weighted by Crippen LogP contribution is 2.49. The number of anilines is 2. The largest absolute Gasteiger partial charge is 0.273 e. The van der Waals surface area contributed by atoms with Crippen LogP contribution in [0.4, 0.5) is 11.4 Å². The Hall–Kier alpha value is -2.93. The number of hydrogen-bond donors (Lipinski definition) is 0. The van der Waals surface area contributed by atoms with Gasteiger partial charge in [-0.15, -0.1) is 0 Å². The second kappa shape index (κ2) is 7.40. The maximum atomic E-state index is 13.5. The number of hydrogen-bond acceptors (Lipinski definition) is 5. The molecule has 2 amide bonds. The van der Waals surface area contributed by atoms with Crippen LogP contribution in [0.25, 0.3) is 0 Å². The number of carbonyl (C=O) groups excluding carboxylic acids is 2. The van der Waals surface area contributed by atoms with Crippen LogP contribution in [0.15, 0.2) is 73.1 Å². The summed E-state index contributed by atoms with van der Waals surface area (Å²) in [6.07, 6.45) is 2.34. The van der Waals surface area contributed by atoms with Crippen LogP contribution < -0.4 is 9.96 Å². The summed E-state index contributed by atoms with van der Waals surface area (Å²) in [5.41, 5.74) is 1.69. The van der Waals surface area contributed by atoms with E-state index in [1.54, 1.807) is 41.7 Å². The van der Waals surface area contributed by atoms with Crippen molar-refractivity contribution in [3.63, 3.8) is 0 Å². The van der Waals surface area contributed by atoms with Gasteiger partial charge in [0.15, 0.2) is 6.10 Å². The minimum Gasteiger partial charge on any atom is -0.273 e. The predicted octanol–water partition coefficient (Wildman–Crippen LogP) is 4.44. The van der Waals surface area contributed by atoms with Gasteiger partial charge < -0.3 is 0 Å². The second-order valence-electron chi connectivity index (χ2n) is 7.03. The van der Waals surface area contributed by atoms with E-state index in [4.69, 9.17) is 28.0 Å². The minimum atomic E-state index is -0.991. The number of halogens is 2. The van der Waals surface area contributed by atoms with E-state index >= 15 is 0 Å². The summed E-state index contributed by atoms with van der Waals surface area (Å²) in [6.45, 7) is 0. The topological polar surface area (TPSA) is 62.7 Å². The number of imide groups is 1. The van der Waals surface area contributed by atoms with Crippen molar-refractivity contribution >= 4 is 46.4 Å². The molecular weight excluding hydrogens is 425 g/mol. The van der Waals surface area contributed by atoms with Crippen LogP contribution >= 0.6 is 23.2 Å². The lowest BCUT2D eigenvalue weighted by Crippen LogP contribution is -2.37. The highest BCUT2D eigenvalue weighted by molar-refractivity contribution is 6.42. The van der Waals surface area contributed by atoms with Crippen LogP contribution in [0.3, 0.4) is 0 Å². The Morgan fingerprint density at radius 3 is 2.27 bits per heavy atom. The zero-order chi connectivity index (χ0) is 20.8. The van der Waals surface area contributed by atoms with Gasteiger partial charge in [0.1, 0.15) is 5.92 Å². The third-order valence-corrected chi connectivity index (χ3v) is 5.92. The van der Waals surface area contributed by atoms with Gasteiger partial charge in [0, 0.05) is 12.4 Å². The van der Waals surface area contributed by atoms with E-state index in [1.807, 2.05) is 36.4 Å². The molecule has 2 aliphatic heterocycles. The van der Waals surface area contributed by atoms with E-state index in [0.29, 0.717) is 0 Å². The highest BCUT2D eigenvalue weighted by atomic mass is 35.5. The summed E-state index contributed by atoms with van der Waals surface area (Å²) in [6, 6.07) is 17.3. The molecule has 2 aliphatic rings. The number of fused-ring (bicyclic) bond motifs is 1. The van der Waals surface area contributed by atoms with Crippen molar-refractivity contribution in [3.8, 4) is 0 Å². The number of amides is 2. The number of carbonyl (C=O) groups is 2. The number of aromatic nitrogens is 1. The van der Waals surface area contributed by atoms with Crippen molar-refractivity contribution in [2.24, 2.45) is 5.92 Å². The maximum absolute atomic E-state index is 13.5. The Morgan fingerprint density at radius 2 is 1.60 bits per heavy atom. The quantitative estimate of drug-likeness (QED) is 0.564. The summed E-state index contributed by atoms with van der Waals surface area (Å²) in [4.78, 5) is 38.1. The van der Waals surface area contributed by atoms with Gasteiger partial charge in [-0.3, -0.25) is 19.4 Å². The Balaban J connectivity index is 1.61. The first-order valence-corrected chi connectivity index (χ1v) is 10.1. The summed E-state index contributed by atoms with van der Waals surface area (Å²) in [5.74, 6) is -1.67. The molecule has 8 heteroatoms. The van der Waals surface area contributed by atoms with E-state index in [9.17, 15) is 9.59 Å². The summed E-state index contributed by atoms with van der Waals surface area (Å²) in [5, 5.41) is 2.07. The average molecular weight is 440 g/mol. The van der Waals surface area contributed by atoms with Crippen LogP contribution in [-0.2, 0) is 14.4 Å². The fraction of sp³-hybridized carbons (Fsp3) is 0.136. The lowest BCUT2D eigenvalue weighted by Gasteiger charge is -2.28. The lowest BCUT2D eigenvalue weighted by atomic mass is 9.91. The minimum absolute atomic E-state index is 0.185. The molecule has 0 saturated carbocycles. The number of nitrogens with zero attached hydrogens (tertiary/aromatic N) is 3. The smallest absolute Gasteiger partial charge is 0.266 e. The average Bonchev–Trinajstić information content (AvgIpc) is 3.27. The molecule has 6 nitrogen and oxygen atoms in total. The summed E-state index contributed by atoms with van der Waals surface area (Å²) in [7, 11) is 0. The van der Waals surface area contributed by atoms with Crippen LogP contribution in [0.2, 0.25) is 10.0 Å². The molecule has 3 atom stereocenters. The molecule has 0 spiro atoms. The van der Waals surface area contributed by atoms with Crippen molar-refractivity contribution in [2.75, 3.05) is 9.96 Å². The molecule has 3 heterocycles. The first-order chi connectivity index (χ1) is 14.6. The van der Waals surface area contributed by atoms with Crippen molar-refractivity contribution in [3.05, 3.63) is 88.7 Å². The molecule has 3 aromatic rings. The molecule has 2 fully saturated rings. The molecular formula is C22H15Cl2N3O3. The van der Waals surface area contributed by atoms with Crippen molar-refractivity contribution < 1.29 is 14.4 Å². The van der Waals surface area contributed by atoms with E-state index in [2.05, 4.69) is 4.98 Å². The van der Waals surface area contributed by atoms with E-state index in [-0.39, 0.29) is 15.7 Å². The Kier molecular flexibility index (Phi) is 4.70. The lowest BCUT2D eigenvalue weighted by molar-refractivity contribution is -0.126. The van der Waals surface area contributed by atoms with Crippen molar-refractivity contribution in [1.29, 1.82) is 0 Å². The fourth-order valence-corrected chi connectivity index (χ4v) is 4.59. The van der Waals surface area contributed by atoms with Crippen molar-refractivity contribution in [2.45, 2.75) is 12.1 Å². The molecule has 5 rings (SSSR count).